The lowest BCUT2D eigenvalue weighted by atomic mass is 9.89. The molecule has 2 aliphatic heterocycles. The van der Waals surface area contributed by atoms with E-state index in [0.29, 0.717) is 165 Å². The molecule has 3 aliphatic rings. The van der Waals surface area contributed by atoms with E-state index in [4.69, 9.17) is 68.8 Å². The number of halogens is 1. The van der Waals surface area contributed by atoms with Crippen molar-refractivity contribution in [3.63, 3.8) is 0 Å². The van der Waals surface area contributed by atoms with Crippen molar-refractivity contribution in [2.75, 3.05) is 131 Å². The molecule has 2 bridgehead atoms. The Morgan fingerprint density at radius 1 is 0.696 bits per heavy atom. The van der Waals surface area contributed by atoms with Gasteiger partial charge in [-0.05, 0) is 73.6 Å². The summed E-state index contributed by atoms with van der Waals surface area (Å²) in [6.07, 6.45) is 14.4. The number of aromatic nitrogens is 8. The maximum atomic E-state index is 6.52. The molecule has 21 nitrogen and oxygen atoms in total. The average Bonchev–Trinajstić information content (AvgIpc) is 4.09. The second-order valence-electron chi connectivity index (χ2n) is 17.2. The van der Waals surface area contributed by atoms with Gasteiger partial charge in [-0.2, -0.15) is 0 Å². The van der Waals surface area contributed by atoms with Crippen LogP contribution in [-0.4, -0.2) is 195 Å². The summed E-state index contributed by atoms with van der Waals surface area (Å²) in [6.45, 7) is 12.3. The molecule has 3 fully saturated rings. The number of ether oxygens (including phenoxy) is 11. The number of nitrogens with zero attached hydrogens (tertiary/aromatic N) is 9. The van der Waals surface area contributed by atoms with E-state index < -0.39 is 0 Å². The Bertz CT molecular complexity index is 1980. The smallest absolute Gasteiger partial charge is 0.256 e. The zero-order valence-electron chi connectivity index (χ0n) is 40.2. The molecule has 4 aromatic rings. The van der Waals surface area contributed by atoms with Gasteiger partial charge in [0, 0.05) is 56.2 Å². The van der Waals surface area contributed by atoms with Crippen LogP contribution in [-0.2, 0) is 49.2 Å². The number of methoxy groups -OCH3 is 1. The third-order valence-electron chi connectivity index (χ3n) is 12.1. The lowest BCUT2D eigenvalue weighted by Gasteiger charge is -2.43. The van der Waals surface area contributed by atoms with Crippen molar-refractivity contribution in [1.29, 1.82) is 0 Å². The Hall–Kier alpha value is -4.13. The first-order valence-corrected chi connectivity index (χ1v) is 24.8. The fourth-order valence-corrected chi connectivity index (χ4v) is 8.90. The van der Waals surface area contributed by atoms with Gasteiger partial charge in [0.2, 0.25) is 5.95 Å². The summed E-state index contributed by atoms with van der Waals surface area (Å²) in [7, 11) is 1.65. The van der Waals surface area contributed by atoms with Crippen molar-refractivity contribution in [2.24, 2.45) is 0 Å². The molecule has 382 valence electrons. The van der Waals surface area contributed by atoms with Gasteiger partial charge in [0.05, 0.1) is 136 Å². The predicted octanol–water partition coefficient (Wildman–Crippen LogP) is 5.07. The van der Waals surface area contributed by atoms with E-state index in [1.165, 1.54) is 12.8 Å². The van der Waals surface area contributed by atoms with E-state index >= 15 is 0 Å². The first-order valence-electron chi connectivity index (χ1n) is 24.4. The fourth-order valence-electron chi connectivity index (χ4n) is 8.74. The van der Waals surface area contributed by atoms with E-state index in [1.54, 1.807) is 36.6 Å². The molecule has 0 unspecified atom stereocenters. The number of rotatable bonds is 35. The molecule has 7 rings (SSSR count). The van der Waals surface area contributed by atoms with Crippen LogP contribution in [0.15, 0.2) is 43.1 Å². The zero-order chi connectivity index (χ0) is 47.7. The molecule has 1 N–H and O–H groups in total. The Balaban J connectivity index is 0.800. The van der Waals surface area contributed by atoms with Crippen LogP contribution in [0.2, 0.25) is 5.02 Å². The Kier molecular flexibility index (Phi) is 22.8. The number of nitrogens with one attached hydrogen (secondary N) is 1. The highest BCUT2D eigenvalue weighted by Gasteiger charge is 2.42. The summed E-state index contributed by atoms with van der Waals surface area (Å²) in [4.78, 5) is 12.1. The first kappa shape index (κ1) is 52.7. The molecule has 0 amide bonds. The Morgan fingerprint density at radius 2 is 1.26 bits per heavy atom. The SMILES string of the molecule is COCCOCCOCCOCCOCCOCCOCCOCCCOc1nn(C2CCC(N3[C@@H]4CC[C@H]3COC4)CC2)cc1Nc1ncc(-c2ccc(Cl)c(O[C@@H](C)Cn3cnnn3)c2)cn1. The van der Waals surface area contributed by atoms with Crippen LogP contribution in [0.1, 0.15) is 57.9 Å². The van der Waals surface area contributed by atoms with E-state index in [2.05, 4.69) is 40.4 Å². The lowest BCUT2D eigenvalue weighted by molar-refractivity contribution is -0.0458. The van der Waals surface area contributed by atoms with Crippen LogP contribution in [0.3, 0.4) is 0 Å². The van der Waals surface area contributed by atoms with Crippen molar-refractivity contribution in [3.8, 4) is 22.8 Å². The van der Waals surface area contributed by atoms with E-state index in [-0.39, 0.29) is 12.1 Å². The lowest BCUT2D eigenvalue weighted by Crippen LogP contribution is -2.52. The van der Waals surface area contributed by atoms with Crippen LogP contribution in [0.4, 0.5) is 11.6 Å². The van der Waals surface area contributed by atoms with Gasteiger partial charge in [0.15, 0.2) is 0 Å². The minimum absolute atomic E-state index is 0.226. The van der Waals surface area contributed by atoms with Crippen molar-refractivity contribution in [1.82, 2.24) is 44.9 Å². The molecule has 1 aromatic carbocycles. The van der Waals surface area contributed by atoms with Crippen LogP contribution in [0.5, 0.6) is 11.6 Å². The quantitative estimate of drug-likeness (QED) is 0.0598. The molecule has 3 aromatic heterocycles. The summed E-state index contributed by atoms with van der Waals surface area (Å²) in [5, 5.41) is 20.1. The number of benzene rings is 1. The average molecular weight is 988 g/mol. The maximum absolute atomic E-state index is 6.52. The van der Waals surface area contributed by atoms with Gasteiger partial charge in [0.1, 0.15) is 23.9 Å². The normalized spacial score (nSPS) is 19.8. The molecule has 0 radical (unpaired) electrons. The largest absolute Gasteiger partial charge is 0.487 e. The maximum Gasteiger partial charge on any atom is 0.256 e. The highest BCUT2D eigenvalue weighted by molar-refractivity contribution is 6.32. The monoisotopic (exact) mass is 986 g/mol. The van der Waals surface area contributed by atoms with Gasteiger partial charge in [-0.15, -0.1) is 10.2 Å². The highest BCUT2D eigenvalue weighted by Crippen LogP contribution is 2.40. The summed E-state index contributed by atoms with van der Waals surface area (Å²) in [6, 6.07) is 7.60. The van der Waals surface area contributed by atoms with Crippen molar-refractivity contribution >= 4 is 23.2 Å². The molecule has 2 saturated heterocycles. The second-order valence-corrected chi connectivity index (χ2v) is 17.6. The summed E-state index contributed by atoms with van der Waals surface area (Å²) >= 11 is 6.52. The minimum atomic E-state index is -0.226. The molecule has 1 aliphatic carbocycles. The molecule has 3 atom stereocenters. The number of tetrazole rings is 1. The van der Waals surface area contributed by atoms with Gasteiger partial charge < -0.3 is 57.4 Å². The topological polar surface area (TPSA) is 204 Å². The third-order valence-corrected chi connectivity index (χ3v) is 12.4. The number of anilines is 2. The van der Waals surface area contributed by atoms with E-state index in [0.717, 1.165) is 50.0 Å². The highest BCUT2D eigenvalue weighted by atomic mass is 35.5. The number of morpholine rings is 1. The first-order chi connectivity index (χ1) is 34.0. The fraction of sp³-hybridized carbons (Fsp3) is 0.702. The van der Waals surface area contributed by atoms with Crippen LogP contribution in [0, 0.1) is 0 Å². The van der Waals surface area contributed by atoms with Crippen molar-refractivity contribution < 1.29 is 52.1 Å². The third kappa shape index (κ3) is 17.6. The van der Waals surface area contributed by atoms with Crippen molar-refractivity contribution in [2.45, 2.75) is 88.7 Å². The molecule has 22 heteroatoms. The standard InChI is InChI=1S/C47H71ClN10O11/c1-36(31-56-35-51-54-55-56)69-45-28-37(4-11-43(45)48)38-29-49-47(50-30-38)52-44-32-57(39-5-7-40(8-6-39)58-41-9-10-42(58)34-67-33-41)53-46(44)68-13-3-12-60-16-17-62-20-21-64-24-25-66-27-26-65-23-22-63-19-18-61-15-14-59-2/h4,11,28-30,32,35-36,39-42H,3,5-10,12-27,31,33-34H2,1-2H3,(H,49,50,52)/t36-,39?,40?,41-,42+/m0/s1. The van der Waals surface area contributed by atoms with Gasteiger partial charge in [-0.25, -0.2) is 14.6 Å². The zero-order valence-corrected chi connectivity index (χ0v) is 41.0. The number of fused-ring (bicyclic) bond motifs is 2. The minimum Gasteiger partial charge on any atom is -0.487 e. The number of hydrogen-bond donors (Lipinski definition) is 1. The molecular weight excluding hydrogens is 916 g/mol. The Morgan fingerprint density at radius 3 is 1.84 bits per heavy atom. The molecular formula is C47H71ClN10O11. The van der Waals surface area contributed by atoms with Crippen LogP contribution < -0.4 is 14.8 Å². The van der Waals surface area contributed by atoms with Gasteiger partial charge >= 0.3 is 0 Å². The summed E-state index contributed by atoms with van der Waals surface area (Å²) in [5.41, 5.74) is 2.38. The number of hydrogen-bond acceptors (Lipinski definition) is 19. The van der Waals surface area contributed by atoms with Gasteiger partial charge in [-0.3, -0.25) is 9.58 Å². The Labute approximate surface area is 410 Å². The van der Waals surface area contributed by atoms with Gasteiger partial charge in [-0.1, -0.05) is 17.7 Å². The predicted molar refractivity (Wildman–Crippen MR) is 254 cm³/mol. The molecule has 5 heterocycles. The molecule has 69 heavy (non-hydrogen) atoms. The van der Waals surface area contributed by atoms with Crippen LogP contribution >= 0.6 is 11.6 Å². The van der Waals surface area contributed by atoms with Crippen molar-refractivity contribution in [3.05, 3.63) is 48.1 Å². The summed E-state index contributed by atoms with van der Waals surface area (Å²) < 4.78 is 65.8. The molecule has 0 spiro atoms. The second kappa shape index (κ2) is 29.9. The molecule has 1 saturated carbocycles. The summed E-state index contributed by atoms with van der Waals surface area (Å²) in [5.74, 6) is 1.48. The van der Waals surface area contributed by atoms with E-state index in [9.17, 15) is 0 Å². The van der Waals surface area contributed by atoms with Crippen LogP contribution in [0.25, 0.3) is 11.1 Å². The van der Waals surface area contributed by atoms with E-state index in [1.807, 2.05) is 25.3 Å². The van der Waals surface area contributed by atoms with Gasteiger partial charge in [0.25, 0.3) is 5.88 Å².